The van der Waals surface area contributed by atoms with E-state index in [4.69, 9.17) is 18.5 Å². The topological polar surface area (TPSA) is 230 Å². The van der Waals surface area contributed by atoms with Gasteiger partial charge in [0.1, 0.15) is 43.2 Å². The number of aliphatic hydroxyl groups excluding tert-OH is 6. The highest BCUT2D eigenvalue weighted by Crippen LogP contribution is 2.47. The van der Waals surface area contributed by atoms with Gasteiger partial charge in [0.15, 0.2) is 6.10 Å². The van der Waals surface area contributed by atoms with Crippen molar-refractivity contribution < 1.29 is 68.2 Å². The van der Waals surface area contributed by atoms with Crippen LogP contribution in [-0.2, 0) is 32.7 Å². The van der Waals surface area contributed by atoms with E-state index >= 15 is 0 Å². The van der Waals surface area contributed by atoms with Crippen molar-refractivity contribution in [3.63, 3.8) is 0 Å². The zero-order valence-corrected chi connectivity index (χ0v) is 39.0. The molecule has 0 aromatic rings. The van der Waals surface area contributed by atoms with Crippen LogP contribution in [0.5, 0.6) is 0 Å². The first kappa shape index (κ1) is 58.7. The minimum absolute atomic E-state index is 0.0181. The molecule has 1 aliphatic rings. The van der Waals surface area contributed by atoms with Crippen LogP contribution in [0.1, 0.15) is 136 Å². The molecule has 15 heteroatoms. The lowest BCUT2D eigenvalue weighted by molar-refractivity contribution is -0.220. The third-order valence-corrected chi connectivity index (χ3v) is 11.0. The Kier molecular flexibility index (Phi) is 34.8. The van der Waals surface area contributed by atoms with Gasteiger partial charge in [-0.25, -0.2) is 4.57 Å². The standard InChI is InChI=1S/C49H79O14P/c1-3-5-7-9-11-13-15-17-19-21-22-24-26-28-30-32-34-40(50)36-37-43(52)62-41(39-61-64(58,59)63-49-47(56)45(54)44(53)46(55)48(49)57)38-60-42(51)35-33-31-29-27-25-23-20-18-16-14-12-10-8-6-4-2/h5,7,11-14,17-20,22,24,28,30,32,34,40-41,44-50,53-57H,3-4,6,8-10,15-16,21,23,25-27,29,31,33,35-39H2,1-2H3,(H,58,59)/b7-5-,13-11-,14-12-,19-17-,20-18-,24-22-,30-28-,34-32-/t40?,41-,44?,45-,46+,47-,48-,49?/m1/s1. The van der Waals surface area contributed by atoms with Crippen LogP contribution in [0, 0.1) is 0 Å². The molecule has 0 amide bonds. The Hall–Kier alpha value is -3.27. The Bertz CT molecular complexity index is 1500. The van der Waals surface area contributed by atoms with Crippen molar-refractivity contribution >= 4 is 19.8 Å². The van der Waals surface area contributed by atoms with E-state index in [-0.39, 0.29) is 19.3 Å². The molecular weight excluding hydrogens is 843 g/mol. The Balaban J connectivity index is 2.59. The zero-order chi connectivity index (χ0) is 47.3. The van der Waals surface area contributed by atoms with E-state index in [1.165, 1.54) is 25.3 Å². The average Bonchev–Trinajstić information content (AvgIpc) is 3.27. The summed E-state index contributed by atoms with van der Waals surface area (Å²) in [6.45, 7) is 2.93. The summed E-state index contributed by atoms with van der Waals surface area (Å²) >= 11 is 0. The SMILES string of the molecule is CC/C=C\C/C=C\C/C=C\C/C=C\C/C=C\C=C/C(O)CCC(=O)O[C@H](COC(=O)CCCCCCC/C=C\C/C=C\CCCCC)COP(=O)(O)OC1[C@H](O)[C@H](O)C(O)[C@H](O)[C@H]1O. The van der Waals surface area contributed by atoms with Crippen LogP contribution in [0.4, 0.5) is 0 Å². The van der Waals surface area contributed by atoms with Crippen molar-refractivity contribution in [2.75, 3.05) is 13.2 Å². The highest BCUT2D eigenvalue weighted by Gasteiger charge is 2.51. The molecule has 0 aliphatic heterocycles. The Morgan fingerprint density at radius 1 is 0.578 bits per heavy atom. The van der Waals surface area contributed by atoms with Crippen molar-refractivity contribution in [1.82, 2.24) is 0 Å². The molecule has 0 radical (unpaired) electrons. The number of rotatable bonds is 36. The van der Waals surface area contributed by atoms with Gasteiger partial charge in [0.05, 0.1) is 12.7 Å². The molecule has 0 heterocycles. The molecule has 1 aliphatic carbocycles. The molecule has 0 bridgehead atoms. The quantitative estimate of drug-likeness (QED) is 0.0104. The van der Waals surface area contributed by atoms with E-state index in [2.05, 4.69) is 80.7 Å². The lowest BCUT2D eigenvalue weighted by Crippen LogP contribution is -2.64. The number of unbranched alkanes of at least 4 members (excludes halogenated alkanes) is 8. The molecule has 7 N–H and O–H groups in total. The van der Waals surface area contributed by atoms with Gasteiger partial charge in [-0.15, -0.1) is 0 Å². The normalized spacial score (nSPS) is 23.0. The van der Waals surface area contributed by atoms with Crippen LogP contribution >= 0.6 is 7.82 Å². The van der Waals surface area contributed by atoms with Gasteiger partial charge in [-0.3, -0.25) is 18.6 Å². The Morgan fingerprint density at radius 3 is 1.66 bits per heavy atom. The molecule has 1 saturated carbocycles. The number of carbonyl (C=O) groups excluding carboxylic acids is 2. The summed E-state index contributed by atoms with van der Waals surface area (Å²) in [5.41, 5.74) is 0. The average molecular weight is 923 g/mol. The van der Waals surface area contributed by atoms with Gasteiger partial charge in [-0.2, -0.15) is 0 Å². The van der Waals surface area contributed by atoms with E-state index < -0.39 is 81.8 Å². The van der Waals surface area contributed by atoms with Crippen molar-refractivity contribution in [2.45, 2.75) is 185 Å². The van der Waals surface area contributed by atoms with Crippen molar-refractivity contribution in [3.8, 4) is 0 Å². The van der Waals surface area contributed by atoms with Crippen molar-refractivity contribution in [2.24, 2.45) is 0 Å². The van der Waals surface area contributed by atoms with Crippen LogP contribution in [0.25, 0.3) is 0 Å². The number of phosphoric ester groups is 1. The van der Waals surface area contributed by atoms with Crippen LogP contribution in [0.3, 0.4) is 0 Å². The van der Waals surface area contributed by atoms with Crippen molar-refractivity contribution in [1.29, 1.82) is 0 Å². The maximum absolute atomic E-state index is 12.8. The molecule has 0 spiro atoms. The van der Waals surface area contributed by atoms with Gasteiger partial charge in [0.2, 0.25) is 0 Å². The van der Waals surface area contributed by atoms with Crippen LogP contribution in [0.2, 0.25) is 0 Å². The third kappa shape index (κ3) is 30.0. The molecule has 364 valence electrons. The van der Waals surface area contributed by atoms with Gasteiger partial charge >= 0.3 is 19.8 Å². The minimum Gasteiger partial charge on any atom is -0.462 e. The van der Waals surface area contributed by atoms with E-state index in [9.17, 15) is 49.7 Å². The van der Waals surface area contributed by atoms with Gasteiger partial charge in [-0.1, -0.05) is 143 Å². The number of esters is 2. The molecule has 64 heavy (non-hydrogen) atoms. The van der Waals surface area contributed by atoms with Crippen LogP contribution < -0.4 is 0 Å². The highest BCUT2D eigenvalue weighted by atomic mass is 31.2. The second kappa shape index (κ2) is 37.9. The summed E-state index contributed by atoms with van der Waals surface area (Å²) in [7, 11) is -5.20. The van der Waals surface area contributed by atoms with Crippen molar-refractivity contribution in [3.05, 3.63) is 97.2 Å². The lowest BCUT2D eigenvalue weighted by atomic mass is 9.85. The number of phosphoric acid groups is 1. The summed E-state index contributed by atoms with van der Waals surface area (Å²) < 4.78 is 33.3. The fourth-order valence-corrected chi connectivity index (χ4v) is 7.22. The summed E-state index contributed by atoms with van der Waals surface area (Å²) in [6.07, 6.45) is 33.4. The molecule has 9 atom stereocenters. The van der Waals surface area contributed by atoms with Crippen LogP contribution in [-0.4, -0.2) is 110 Å². The second-order valence-corrected chi connectivity index (χ2v) is 17.1. The van der Waals surface area contributed by atoms with E-state index in [0.29, 0.717) is 12.8 Å². The second-order valence-electron chi connectivity index (χ2n) is 15.7. The number of allylic oxidation sites excluding steroid dienone is 15. The first-order valence-corrected chi connectivity index (χ1v) is 24.6. The molecule has 0 aromatic heterocycles. The zero-order valence-electron chi connectivity index (χ0n) is 38.1. The Morgan fingerprint density at radius 2 is 1.08 bits per heavy atom. The largest absolute Gasteiger partial charge is 0.472 e. The number of hydrogen-bond acceptors (Lipinski definition) is 13. The van der Waals surface area contributed by atoms with E-state index in [1.807, 2.05) is 12.2 Å². The summed E-state index contributed by atoms with van der Waals surface area (Å²) in [5, 5.41) is 60.5. The molecule has 1 fully saturated rings. The van der Waals surface area contributed by atoms with Crippen LogP contribution in [0.15, 0.2) is 97.2 Å². The maximum Gasteiger partial charge on any atom is 0.472 e. The van der Waals surface area contributed by atoms with Gasteiger partial charge in [0, 0.05) is 12.8 Å². The molecule has 4 unspecified atom stereocenters. The summed E-state index contributed by atoms with van der Waals surface area (Å²) in [6, 6.07) is 0. The smallest absolute Gasteiger partial charge is 0.462 e. The fourth-order valence-electron chi connectivity index (χ4n) is 6.25. The first-order chi connectivity index (χ1) is 30.8. The molecular formula is C49H79O14P. The van der Waals surface area contributed by atoms with Gasteiger partial charge < -0.3 is 45.0 Å². The number of hydrogen-bond donors (Lipinski definition) is 7. The molecule has 1 rings (SSSR count). The number of aliphatic hydroxyl groups is 6. The van der Waals surface area contributed by atoms with Gasteiger partial charge in [0.25, 0.3) is 0 Å². The van der Waals surface area contributed by atoms with Gasteiger partial charge in [-0.05, 0) is 77.0 Å². The first-order valence-electron chi connectivity index (χ1n) is 23.1. The molecule has 0 saturated heterocycles. The van der Waals surface area contributed by atoms with E-state index in [0.717, 1.165) is 70.6 Å². The predicted molar refractivity (Wildman–Crippen MR) is 250 cm³/mol. The maximum atomic E-state index is 12.8. The van der Waals surface area contributed by atoms with E-state index in [1.54, 1.807) is 12.2 Å². The summed E-state index contributed by atoms with van der Waals surface area (Å²) in [4.78, 5) is 35.7. The highest BCUT2D eigenvalue weighted by molar-refractivity contribution is 7.47. The fraction of sp³-hybridized carbons (Fsp3) is 0.633. The number of ether oxygens (including phenoxy) is 2. The monoisotopic (exact) mass is 923 g/mol. The summed E-state index contributed by atoms with van der Waals surface area (Å²) in [5.74, 6) is -1.41. The minimum atomic E-state index is -5.20. The predicted octanol–water partition coefficient (Wildman–Crippen LogP) is 8.02. The molecule has 14 nitrogen and oxygen atoms in total. The lowest BCUT2D eigenvalue weighted by Gasteiger charge is -2.41. The molecule has 0 aromatic carbocycles. The Labute approximate surface area is 382 Å². The third-order valence-electron chi connectivity index (χ3n) is 10.0. The number of carbonyl (C=O) groups is 2.